The fraction of sp³-hybridized carbons (Fsp3) is 0.364. The summed E-state index contributed by atoms with van der Waals surface area (Å²) in [6.45, 7) is 5.71. The minimum Gasteiger partial charge on any atom is -0.274 e. The largest absolute Gasteiger partial charge is 0.274 e. The summed E-state index contributed by atoms with van der Waals surface area (Å²) in [5.41, 5.74) is 3.93. The van der Waals surface area contributed by atoms with Crippen LogP contribution in [-0.4, -0.2) is 41.0 Å². The second kappa shape index (κ2) is 6.41. The highest BCUT2D eigenvalue weighted by molar-refractivity contribution is 6.30. The Hall–Kier alpha value is -2.21. The summed E-state index contributed by atoms with van der Waals surface area (Å²) in [7, 11) is 0. The van der Waals surface area contributed by atoms with Gasteiger partial charge in [0, 0.05) is 18.1 Å². The maximum absolute atomic E-state index is 13.5. The molecule has 3 heterocycles. The third-order valence-electron chi connectivity index (χ3n) is 6.37. The van der Waals surface area contributed by atoms with E-state index in [1.54, 1.807) is 0 Å². The Kier molecular flexibility index (Phi) is 4.09. The Morgan fingerprint density at radius 3 is 2.21 bits per heavy atom. The summed E-state index contributed by atoms with van der Waals surface area (Å²) in [5, 5.41) is 5.00. The van der Waals surface area contributed by atoms with Gasteiger partial charge < -0.3 is 0 Å². The first-order valence-electron chi connectivity index (χ1n) is 9.71. The van der Waals surface area contributed by atoms with Crippen LogP contribution in [0.4, 0.5) is 5.69 Å². The van der Waals surface area contributed by atoms with Gasteiger partial charge in [-0.25, -0.2) is 14.9 Å². The Labute approximate surface area is 169 Å². The molecule has 0 bridgehead atoms. The van der Waals surface area contributed by atoms with Gasteiger partial charge in [-0.15, -0.1) is 0 Å². The molecule has 0 unspecified atom stereocenters. The molecule has 6 heteroatoms. The molecule has 2 aromatic carbocycles. The Morgan fingerprint density at radius 1 is 0.857 bits per heavy atom. The van der Waals surface area contributed by atoms with Crippen LogP contribution in [0.5, 0.6) is 0 Å². The van der Waals surface area contributed by atoms with E-state index >= 15 is 0 Å². The number of rotatable bonds is 2. The first kappa shape index (κ1) is 17.9. The number of aryl methyl sites for hydroxylation is 2. The lowest BCUT2D eigenvalue weighted by molar-refractivity contribution is -0.126. The number of carbonyl (C=O) groups excluding carboxylic acids is 2. The van der Waals surface area contributed by atoms with Crippen molar-refractivity contribution in [3.05, 3.63) is 64.2 Å². The molecule has 3 saturated heterocycles. The molecule has 3 aliphatic rings. The van der Waals surface area contributed by atoms with Crippen LogP contribution in [0, 0.1) is 19.8 Å². The third-order valence-corrected chi connectivity index (χ3v) is 6.62. The van der Waals surface area contributed by atoms with Crippen LogP contribution in [0.2, 0.25) is 5.02 Å². The van der Waals surface area contributed by atoms with E-state index < -0.39 is 12.0 Å². The number of fused-ring (bicyclic) bond motifs is 3. The van der Waals surface area contributed by atoms with Crippen LogP contribution in [-0.2, 0) is 9.59 Å². The van der Waals surface area contributed by atoms with Crippen molar-refractivity contribution in [3.8, 4) is 0 Å². The van der Waals surface area contributed by atoms with Gasteiger partial charge in [0.25, 0.3) is 5.91 Å². The number of amides is 2. The van der Waals surface area contributed by atoms with Gasteiger partial charge in [-0.05, 0) is 61.2 Å². The lowest BCUT2D eigenvalue weighted by Crippen LogP contribution is -2.44. The van der Waals surface area contributed by atoms with Gasteiger partial charge in [0.1, 0.15) is 6.04 Å². The van der Waals surface area contributed by atoms with Gasteiger partial charge in [-0.2, -0.15) is 0 Å². The molecular formula is C22H22ClN3O2. The van der Waals surface area contributed by atoms with Crippen molar-refractivity contribution < 1.29 is 9.59 Å². The fourth-order valence-electron chi connectivity index (χ4n) is 4.89. The zero-order valence-electron chi connectivity index (χ0n) is 15.9. The van der Waals surface area contributed by atoms with E-state index in [1.807, 2.05) is 56.3 Å². The normalized spacial score (nSPS) is 27.5. The number of halogens is 1. The van der Waals surface area contributed by atoms with Crippen molar-refractivity contribution in [1.29, 1.82) is 0 Å². The lowest BCUT2D eigenvalue weighted by Gasteiger charge is -2.30. The second-order valence-corrected chi connectivity index (χ2v) is 8.36. The third kappa shape index (κ3) is 2.47. The lowest BCUT2D eigenvalue weighted by atomic mass is 9.90. The first-order valence-corrected chi connectivity index (χ1v) is 10.1. The van der Waals surface area contributed by atoms with Crippen LogP contribution in [0.15, 0.2) is 42.5 Å². The monoisotopic (exact) mass is 395 g/mol. The summed E-state index contributed by atoms with van der Waals surface area (Å²) in [6, 6.07) is 12.9. The second-order valence-electron chi connectivity index (χ2n) is 7.93. The maximum Gasteiger partial charge on any atom is 0.253 e. The van der Waals surface area contributed by atoms with Crippen molar-refractivity contribution in [3.63, 3.8) is 0 Å². The van der Waals surface area contributed by atoms with Gasteiger partial charge in [0.15, 0.2) is 0 Å². The van der Waals surface area contributed by atoms with Crippen molar-refractivity contribution in [2.45, 2.75) is 32.4 Å². The van der Waals surface area contributed by atoms with E-state index in [0.29, 0.717) is 10.7 Å². The van der Waals surface area contributed by atoms with E-state index in [-0.39, 0.29) is 17.9 Å². The smallest absolute Gasteiger partial charge is 0.253 e. The number of hydrogen-bond acceptors (Lipinski definition) is 4. The number of carbonyl (C=O) groups is 2. The van der Waals surface area contributed by atoms with Gasteiger partial charge >= 0.3 is 0 Å². The molecule has 0 spiro atoms. The van der Waals surface area contributed by atoms with Gasteiger partial charge in [0.05, 0.1) is 17.6 Å². The molecule has 5 rings (SSSR count). The Balaban J connectivity index is 1.58. The zero-order valence-corrected chi connectivity index (χ0v) is 16.7. The molecule has 144 valence electrons. The van der Waals surface area contributed by atoms with Crippen LogP contribution < -0.4 is 4.90 Å². The highest BCUT2D eigenvalue weighted by Crippen LogP contribution is 2.49. The molecule has 2 aromatic rings. The minimum absolute atomic E-state index is 0.104. The molecule has 5 nitrogen and oxygen atoms in total. The van der Waals surface area contributed by atoms with E-state index in [1.165, 1.54) is 4.90 Å². The van der Waals surface area contributed by atoms with Crippen molar-refractivity contribution in [2.24, 2.45) is 5.92 Å². The minimum atomic E-state index is -0.419. The van der Waals surface area contributed by atoms with E-state index in [9.17, 15) is 9.59 Å². The molecule has 3 atom stereocenters. The van der Waals surface area contributed by atoms with Crippen molar-refractivity contribution in [2.75, 3.05) is 18.0 Å². The van der Waals surface area contributed by atoms with Crippen molar-refractivity contribution >= 4 is 29.1 Å². The van der Waals surface area contributed by atoms with Crippen LogP contribution in [0.25, 0.3) is 0 Å². The number of hydrazine groups is 1. The van der Waals surface area contributed by atoms with Crippen LogP contribution in [0.3, 0.4) is 0 Å². The predicted molar refractivity (Wildman–Crippen MR) is 108 cm³/mol. The van der Waals surface area contributed by atoms with E-state index in [4.69, 9.17) is 11.6 Å². The number of nitrogens with zero attached hydrogens (tertiary/aromatic N) is 3. The van der Waals surface area contributed by atoms with Crippen LogP contribution in [0.1, 0.15) is 29.2 Å². The number of anilines is 1. The van der Waals surface area contributed by atoms with Crippen molar-refractivity contribution in [1.82, 2.24) is 10.0 Å². The van der Waals surface area contributed by atoms with E-state index in [0.717, 1.165) is 36.2 Å². The number of hydrogen-bond donors (Lipinski definition) is 0. The van der Waals surface area contributed by atoms with E-state index in [2.05, 4.69) is 10.0 Å². The average Bonchev–Trinajstić information content (AvgIpc) is 3.31. The molecule has 0 aliphatic carbocycles. The molecule has 2 amide bonds. The Morgan fingerprint density at radius 2 is 1.54 bits per heavy atom. The van der Waals surface area contributed by atoms with Gasteiger partial charge in [-0.3, -0.25) is 9.59 Å². The summed E-state index contributed by atoms with van der Waals surface area (Å²) < 4.78 is 0. The summed E-state index contributed by atoms with van der Waals surface area (Å²) in [4.78, 5) is 28.3. The SMILES string of the molecule is Cc1ccc(N2C(=O)[C@@H]3[C@@H](C2=O)N2CCCN2[C@@H]3c2ccc(Cl)cc2)cc1C. The molecule has 3 fully saturated rings. The predicted octanol–water partition coefficient (Wildman–Crippen LogP) is 3.49. The molecule has 0 radical (unpaired) electrons. The maximum atomic E-state index is 13.5. The molecule has 0 aromatic heterocycles. The summed E-state index contributed by atoms with van der Waals surface area (Å²) in [6.07, 6.45) is 0.998. The zero-order chi connectivity index (χ0) is 19.6. The molecule has 0 saturated carbocycles. The molecule has 0 N–H and O–H groups in total. The number of imide groups is 1. The van der Waals surface area contributed by atoms with Crippen LogP contribution >= 0.6 is 11.6 Å². The van der Waals surface area contributed by atoms with Gasteiger partial charge in [-0.1, -0.05) is 29.8 Å². The highest BCUT2D eigenvalue weighted by Gasteiger charge is 2.62. The number of benzene rings is 2. The molecule has 28 heavy (non-hydrogen) atoms. The first-order chi connectivity index (χ1) is 13.5. The summed E-state index contributed by atoms with van der Waals surface area (Å²) >= 11 is 6.07. The molecular weight excluding hydrogens is 374 g/mol. The molecule has 3 aliphatic heterocycles. The topological polar surface area (TPSA) is 43.9 Å². The highest BCUT2D eigenvalue weighted by atomic mass is 35.5. The average molecular weight is 396 g/mol. The quantitative estimate of drug-likeness (QED) is 0.730. The summed E-state index contributed by atoms with van der Waals surface area (Å²) in [5.74, 6) is -0.607. The standard InChI is InChI=1S/C22H22ClN3O2/c1-13-4-9-17(12-14(13)2)26-21(27)18-19(15-5-7-16(23)8-6-15)24-10-3-11-25(24)20(18)22(26)28/h4-9,12,18-20H,3,10-11H2,1-2H3/t18-,19+,20-/m0/s1. The Bertz CT molecular complexity index is 974. The fourth-order valence-corrected chi connectivity index (χ4v) is 5.02. The van der Waals surface area contributed by atoms with Gasteiger partial charge in [0.2, 0.25) is 5.91 Å².